The molecule has 1 atom stereocenters. The minimum absolute atomic E-state index is 0.0211. The van der Waals surface area contributed by atoms with Gasteiger partial charge in [0.05, 0.1) is 4.92 Å². The van der Waals surface area contributed by atoms with Crippen LogP contribution in [-0.4, -0.2) is 39.9 Å². The highest BCUT2D eigenvalue weighted by molar-refractivity contribution is 5.85. The first-order valence-electron chi connectivity index (χ1n) is 6.27. The number of nitrogens with one attached hydrogen (secondary N) is 3. The zero-order valence-corrected chi connectivity index (χ0v) is 11.2. The molecule has 1 unspecified atom stereocenters. The number of nitrogens with zero attached hydrogens (tertiary/aromatic N) is 3. The van der Waals surface area contributed by atoms with E-state index in [9.17, 15) is 14.9 Å². The summed E-state index contributed by atoms with van der Waals surface area (Å²) in [5, 5.41) is 19.2. The Morgan fingerprint density at radius 3 is 2.80 bits per heavy atom. The molecule has 0 bridgehead atoms. The van der Waals surface area contributed by atoms with Crippen molar-refractivity contribution in [3.63, 3.8) is 0 Å². The van der Waals surface area contributed by atoms with E-state index in [0.29, 0.717) is 0 Å². The zero-order chi connectivity index (χ0) is 14.7. The van der Waals surface area contributed by atoms with Crippen LogP contribution in [0.15, 0.2) is 6.20 Å². The van der Waals surface area contributed by atoms with E-state index in [4.69, 9.17) is 0 Å². The Bertz CT molecular complexity index is 531. The molecule has 1 aliphatic rings. The van der Waals surface area contributed by atoms with Crippen LogP contribution in [0.4, 0.5) is 17.5 Å². The summed E-state index contributed by atoms with van der Waals surface area (Å²) >= 11 is 0. The maximum Gasteiger partial charge on any atom is 0.329 e. The van der Waals surface area contributed by atoms with Gasteiger partial charge < -0.3 is 16.0 Å². The standard InChI is InChI=1S/C11H16N6O3/c1-6(10(18)15-7-3-4-7)14-9-8(17(19)20)5-13-11(12-2)16-9/h5-7H,3-4H2,1-2H3,(H,15,18)(H2,12,13,14,16). The van der Waals surface area contributed by atoms with Crippen molar-refractivity contribution in [2.75, 3.05) is 17.7 Å². The lowest BCUT2D eigenvalue weighted by Gasteiger charge is -2.14. The Morgan fingerprint density at radius 2 is 2.25 bits per heavy atom. The van der Waals surface area contributed by atoms with E-state index in [-0.39, 0.29) is 29.4 Å². The fraction of sp³-hybridized carbons (Fsp3) is 0.545. The third-order valence-corrected chi connectivity index (χ3v) is 2.86. The summed E-state index contributed by atoms with van der Waals surface area (Å²) < 4.78 is 0. The molecule has 1 saturated carbocycles. The van der Waals surface area contributed by atoms with Crippen molar-refractivity contribution in [1.29, 1.82) is 0 Å². The summed E-state index contributed by atoms with van der Waals surface area (Å²) in [6.07, 6.45) is 3.07. The molecular weight excluding hydrogens is 264 g/mol. The summed E-state index contributed by atoms with van der Waals surface area (Å²) in [7, 11) is 1.61. The second kappa shape index (κ2) is 5.68. The predicted molar refractivity (Wildman–Crippen MR) is 72.5 cm³/mol. The van der Waals surface area contributed by atoms with Crippen LogP contribution in [0.2, 0.25) is 0 Å². The number of nitro groups is 1. The fourth-order valence-electron chi connectivity index (χ4n) is 1.56. The summed E-state index contributed by atoms with van der Waals surface area (Å²) in [4.78, 5) is 29.9. The molecule has 2 rings (SSSR count). The van der Waals surface area contributed by atoms with Gasteiger partial charge >= 0.3 is 5.69 Å². The third kappa shape index (κ3) is 3.31. The lowest BCUT2D eigenvalue weighted by Crippen LogP contribution is -2.39. The molecule has 1 fully saturated rings. The molecular formula is C11H16N6O3. The van der Waals surface area contributed by atoms with Crippen molar-refractivity contribution in [1.82, 2.24) is 15.3 Å². The van der Waals surface area contributed by atoms with Gasteiger partial charge in [-0.15, -0.1) is 0 Å². The molecule has 9 heteroatoms. The molecule has 1 aliphatic carbocycles. The SMILES string of the molecule is CNc1ncc([N+](=O)[O-])c(NC(C)C(=O)NC2CC2)n1. The molecule has 1 amide bonds. The number of aromatic nitrogens is 2. The molecule has 0 saturated heterocycles. The highest BCUT2D eigenvalue weighted by Gasteiger charge is 2.27. The Morgan fingerprint density at radius 1 is 1.55 bits per heavy atom. The minimum atomic E-state index is -0.617. The number of rotatable bonds is 6. The van der Waals surface area contributed by atoms with Crippen LogP contribution in [0, 0.1) is 10.1 Å². The first-order valence-corrected chi connectivity index (χ1v) is 6.27. The van der Waals surface area contributed by atoms with Crippen molar-refractivity contribution in [3.8, 4) is 0 Å². The van der Waals surface area contributed by atoms with Gasteiger partial charge in [0, 0.05) is 13.1 Å². The molecule has 0 aromatic carbocycles. The highest BCUT2D eigenvalue weighted by atomic mass is 16.6. The highest BCUT2D eigenvalue weighted by Crippen LogP contribution is 2.23. The molecule has 0 radical (unpaired) electrons. The predicted octanol–water partition coefficient (Wildman–Crippen LogP) is 0.505. The first-order chi connectivity index (χ1) is 9.51. The van der Waals surface area contributed by atoms with Crippen molar-refractivity contribution in [3.05, 3.63) is 16.3 Å². The normalized spacial score (nSPS) is 15.3. The molecule has 1 heterocycles. The zero-order valence-electron chi connectivity index (χ0n) is 11.2. The van der Waals surface area contributed by atoms with E-state index >= 15 is 0 Å². The number of carbonyl (C=O) groups is 1. The molecule has 0 aliphatic heterocycles. The number of amides is 1. The average molecular weight is 280 g/mol. The quantitative estimate of drug-likeness (QED) is 0.512. The molecule has 1 aromatic heterocycles. The molecule has 3 N–H and O–H groups in total. The van der Waals surface area contributed by atoms with Gasteiger partial charge in [-0.1, -0.05) is 0 Å². The van der Waals surface area contributed by atoms with Crippen molar-refractivity contribution < 1.29 is 9.72 Å². The molecule has 9 nitrogen and oxygen atoms in total. The van der Waals surface area contributed by atoms with Crippen molar-refractivity contribution in [2.45, 2.75) is 31.8 Å². The Hall–Kier alpha value is -2.45. The fourth-order valence-corrected chi connectivity index (χ4v) is 1.56. The Kier molecular flexibility index (Phi) is 3.97. The van der Waals surface area contributed by atoms with Crippen LogP contribution >= 0.6 is 0 Å². The van der Waals surface area contributed by atoms with E-state index in [1.54, 1.807) is 14.0 Å². The largest absolute Gasteiger partial charge is 0.357 e. The van der Waals surface area contributed by atoms with Gasteiger partial charge in [-0.2, -0.15) is 4.98 Å². The van der Waals surface area contributed by atoms with Gasteiger partial charge in [-0.25, -0.2) is 4.98 Å². The van der Waals surface area contributed by atoms with Gasteiger partial charge in [-0.05, 0) is 19.8 Å². The maximum atomic E-state index is 11.8. The summed E-state index contributed by atoms with van der Waals surface area (Å²) in [6, 6.07) is -0.381. The molecule has 20 heavy (non-hydrogen) atoms. The van der Waals surface area contributed by atoms with Crippen LogP contribution in [-0.2, 0) is 4.79 Å². The van der Waals surface area contributed by atoms with E-state index in [1.807, 2.05) is 0 Å². The summed E-state index contributed by atoms with van der Waals surface area (Å²) in [5.74, 6) is 0.0621. The second-order valence-electron chi connectivity index (χ2n) is 4.58. The van der Waals surface area contributed by atoms with Gasteiger partial charge in [0.25, 0.3) is 0 Å². The number of carbonyl (C=O) groups excluding carboxylic acids is 1. The van der Waals surface area contributed by atoms with Crippen LogP contribution in [0.1, 0.15) is 19.8 Å². The first kappa shape index (κ1) is 14.0. The smallest absolute Gasteiger partial charge is 0.329 e. The van der Waals surface area contributed by atoms with Crippen LogP contribution in [0.3, 0.4) is 0 Å². The lowest BCUT2D eigenvalue weighted by atomic mass is 10.3. The van der Waals surface area contributed by atoms with E-state index in [2.05, 4.69) is 25.9 Å². The molecule has 108 valence electrons. The minimum Gasteiger partial charge on any atom is -0.357 e. The van der Waals surface area contributed by atoms with Crippen LogP contribution < -0.4 is 16.0 Å². The molecule has 0 spiro atoms. The van der Waals surface area contributed by atoms with Crippen molar-refractivity contribution in [2.24, 2.45) is 0 Å². The number of anilines is 2. The van der Waals surface area contributed by atoms with Crippen molar-refractivity contribution >= 4 is 23.4 Å². The number of hydrogen-bond acceptors (Lipinski definition) is 7. The number of hydrogen-bond donors (Lipinski definition) is 3. The van der Waals surface area contributed by atoms with Gasteiger partial charge in [-0.3, -0.25) is 14.9 Å². The lowest BCUT2D eigenvalue weighted by molar-refractivity contribution is -0.384. The van der Waals surface area contributed by atoms with E-state index < -0.39 is 11.0 Å². The van der Waals surface area contributed by atoms with E-state index in [0.717, 1.165) is 19.0 Å². The third-order valence-electron chi connectivity index (χ3n) is 2.86. The van der Waals surface area contributed by atoms with E-state index in [1.165, 1.54) is 0 Å². The summed E-state index contributed by atoms with van der Waals surface area (Å²) in [6.45, 7) is 1.63. The summed E-state index contributed by atoms with van der Waals surface area (Å²) in [5.41, 5.74) is -0.268. The van der Waals surface area contributed by atoms with Gasteiger partial charge in [0.15, 0.2) is 0 Å². The second-order valence-corrected chi connectivity index (χ2v) is 4.58. The van der Waals surface area contributed by atoms with Gasteiger partial charge in [0.2, 0.25) is 17.7 Å². The Labute approximate surface area is 115 Å². The van der Waals surface area contributed by atoms with Crippen LogP contribution in [0.25, 0.3) is 0 Å². The molecule has 1 aromatic rings. The Balaban J connectivity index is 2.12. The maximum absolute atomic E-state index is 11.8. The topological polar surface area (TPSA) is 122 Å². The monoisotopic (exact) mass is 280 g/mol. The average Bonchev–Trinajstić information content (AvgIpc) is 3.22. The van der Waals surface area contributed by atoms with Gasteiger partial charge in [0.1, 0.15) is 12.2 Å². The van der Waals surface area contributed by atoms with Crippen LogP contribution in [0.5, 0.6) is 0 Å².